The fraction of sp³-hybridized carbons (Fsp3) is 0.143. The average molecular weight is 436 g/mol. The Bertz CT molecular complexity index is 1310. The smallest absolute Gasteiger partial charge is 0.319 e. The van der Waals surface area contributed by atoms with E-state index in [9.17, 15) is 9.59 Å². The van der Waals surface area contributed by atoms with Gasteiger partial charge in [-0.2, -0.15) is 0 Å². The maximum absolute atomic E-state index is 13.1. The van der Waals surface area contributed by atoms with Gasteiger partial charge in [0.25, 0.3) is 5.91 Å². The van der Waals surface area contributed by atoms with Crippen molar-refractivity contribution in [3.05, 3.63) is 108 Å². The molecule has 0 spiro atoms. The molecule has 0 unspecified atom stereocenters. The first-order valence-corrected chi connectivity index (χ1v) is 11.2. The number of amides is 3. The van der Waals surface area contributed by atoms with E-state index in [-0.39, 0.29) is 11.9 Å². The Hall–Kier alpha value is -4.12. The van der Waals surface area contributed by atoms with E-state index >= 15 is 0 Å². The molecule has 2 N–H and O–H groups in total. The molecule has 33 heavy (non-hydrogen) atoms. The van der Waals surface area contributed by atoms with Crippen molar-refractivity contribution in [1.29, 1.82) is 0 Å². The van der Waals surface area contributed by atoms with Crippen LogP contribution in [0.1, 0.15) is 27.9 Å². The van der Waals surface area contributed by atoms with E-state index in [0.29, 0.717) is 24.3 Å². The lowest BCUT2D eigenvalue weighted by Crippen LogP contribution is -2.35. The van der Waals surface area contributed by atoms with Crippen LogP contribution >= 0.6 is 0 Å². The predicted molar refractivity (Wildman–Crippen MR) is 133 cm³/mol. The maximum Gasteiger partial charge on any atom is 0.319 e. The van der Waals surface area contributed by atoms with Crippen LogP contribution < -0.4 is 15.5 Å². The quantitative estimate of drug-likeness (QED) is 0.428. The predicted octanol–water partition coefficient (Wildman–Crippen LogP) is 5.75. The first-order chi connectivity index (χ1) is 16.2. The van der Waals surface area contributed by atoms with Gasteiger partial charge < -0.3 is 15.5 Å². The summed E-state index contributed by atoms with van der Waals surface area (Å²) >= 11 is 0. The molecule has 4 aromatic carbocycles. The molecule has 5 rings (SSSR count). The number of carbonyl (C=O) groups excluding carboxylic acids is 2. The number of hydrogen-bond donors (Lipinski definition) is 2. The van der Waals surface area contributed by atoms with Gasteiger partial charge in [-0.05, 0) is 59.0 Å². The van der Waals surface area contributed by atoms with Crippen LogP contribution in [-0.4, -0.2) is 18.5 Å². The summed E-state index contributed by atoms with van der Waals surface area (Å²) < 4.78 is 0. The van der Waals surface area contributed by atoms with Crippen molar-refractivity contribution in [2.45, 2.75) is 19.4 Å². The second-order valence-electron chi connectivity index (χ2n) is 8.22. The van der Waals surface area contributed by atoms with E-state index in [0.717, 1.165) is 40.4 Å². The summed E-state index contributed by atoms with van der Waals surface area (Å²) in [6.45, 7) is 1.09. The highest BCUT2D eigenvalue weighted by molar-refractivity contribution is 6.07. The average Bonchev–Trinajstić information content (AvgIpc) is 2.87. The lowest BCUT2D eigenvalue weighted by molar-refractivity contribution is 0.0985. The van der Waals surface area contributed by atoms with Crippen LogP contribution in [0.2, 0.25) is 0 Å². The van der Waals surface area contributed by atoms with Crippen LogP contribution in [0.4, 0.5) is 16.2 Å². The van der Waals surface area contributed by atoms with E-state index in [1.165, 1.54) is 0 Å². The molecule has 3 amide bonds. The first kappa shape index (κ1) is 20.8. The Morgan fingerprint density at radius 3 is 2.52 bits per heavy atom. The van der Waals surface area contributed by atoms with E-state index in [2.05, 4.69) is 28.8 Å². The number of carbonyl (C=O) groups is 2. The third kappa shape index (κ3) is 4.44. The molecule has 0 fully saturated rings. The van der Waals surface area contributed by atoms with E-state index in [1.54, 1.807) is 0 Å². The number of benzene rings is 4. The van der Waals surface area contributed by atoms with Gasteiger partial charge in [0, 0.05) is 30.0 Å². The molecule has 0 saturated heterocycles. The third-order valence-electron chi connectivity index (χ3n) is 6.05. The Morgan fingerprint density at radius 1 is 0.848 bits per heavy atom. The largest absolute Gasteiger partial charge is 0.334 e. The summed E-state index contributed by atoms with van der Waals surface area (Å²) in [6, 6.07) is 29.0. The molecule has 0 atom stereocenters. The van der Waals surface area contributed by atoms with Gasteiger partial charge in [0.1, 0.15) is 0 Å². The summed E-state index contributed by atoms with van der Waals surface area (Å²) in [4.78, 5) is 27.5. The summed E-state index contributed by atoms with van der Waals surface area (Å²) in [6.07, 6.45) is 1.84. The molecule has 5 heteroatoms. The van der Waals surface area contributed by atoms with Gasteiger partial charge in [0.15, 0.2) is 0 Å². The molecular weight excluding hydrogens is 410 g/mol. The molecule has 5 nitrogen and oxygen atoms in total. The zero-order valence-electron chi connectivity index (χ0n) is 18.3. The lowest BCUT2D eigenvalue weighted by Gasteiger charge is -2.30. The number of nitrogens with one attached hydrogen (secondary N) is 2. The van der Waals surface area contributed by atoms with Crippen molar-refractivity contribution >= 4 is 34.1 Å². The van der Waals surface area contributed by atoms with Crippen LogP contribution in [-0.2, 0) is 13.0 Å². The van der Waals surface area contributed by atoms with Gasteiger partial charge in [-0.25, -0.2) is 4.79 Å². The van der Waals surface area contributed by atoms with E-state index in [4.69, 9.17) is 0 Å². The maximum atomic E-state index is 13.1. The van der Waals surface area contributed by atoms with Crippen molar-refractivity contribution in [3.63, 3.8) is 0 Å². The van der Waals surface area contributed by atoms with Crippen molar-refractivity contribution in [3.8, 4) is 0 Å². The highest BCUT2D eigenvalue weighted by Gasteiger charge is 2.24. The molecule has 1 aliphatic heterocycles. The summed E-state index contributed by atoms with van der Waals surface area (Å²) in [5.41, 5.74) is 4.37. The van der Waals surface area contributed by atoms with Crippen LogP contribution in [0, 0.1) is 0 Å². The molecule has 164 valence electrons. The minimum atomic E-state index is -0.278. The molecule has 0 aromatic heterocycles. The summed E-state index contributed by atoms with van der Waals surface area (Å²) in [5, 5.41) is 8.15. The second kappa shape index (κ2) is 9.17. The standard InChI is InChI=1S/C28H25N3O2/c32-27(22-9-2-1-3-10-22)31-17-7-13-21-15-16-24(18-26(21)31)30-28(33)29-19-23-12-6-11-20-8-4-5-14-25(20)23/h1-6,8-12,14-16,18H,7,13,17,19H2,(H2,29,30,33). The summed E-state index contributed by atoms with van der Waals surface area (Å²) in [5.74, 6) is -0.0193. The van der Waals surface area contributed by atoms with Crippen LogP contribution in [0.3, 0.4) is 0 Å². The molecule has 0 radical (unpaired) electrons. The van der Waals surface area contributed by atoms with Gasteiger partial charge >= 0.3 is 6.03 Å². The minimum absolute atomic E-state index is 0.0193. The highest BCUT2D eigenvalue weighted by atomic mass is 16.2. The zero-order chi connectivity index (χ0) is 22.6. The van der Waals surface area contributed by atoms with Gasteiger partial charge in [-0.3, -0.25) is 4.79 Å². The van der Waals surface area contributed by atoms with Gasteiger partial charge in [-0.1, -0.05) is 66.7 Å². The van der Waals surface area contributed by atoms with Gasteiger partial charge in [-0.15, -0.1) is 0 Å². The summed E-state index contributed by atoms with van der Waals surface area (Å²) in [7, 11) is 0. The van der Waals surface area contributed by atoms with Gasteiger partial charge in [0.05, 0.1) is 0 Å². The lowest BCUT2D eigenvalue weighted by atomic mass is 10.00. The van der Waals surface area contributed by atoms with E-state index in [1.807, 2.05) is 77.7 Å². The molecule has 1 heterocycles. The number of aryl methyl sites for hydroxylation is 1. The Labute approximate surface area is 193 Å². The number of hydrogen-bond acceptors (Lipinski definition) is 2. The van der Waals surface area contributed by atoms with Crippen LogP contribution in [0.15, 0.2) is 91.0 Å². The number of fused-ring (bicyclic) bond motifs is 2. The number of urea groups is 1. The normalized spacial score (nSPS) is 12.8. The van der Waals surface area contributed by atoms with E-state index < -0.39 is 0 Å². The highest BCUT2D eigenvalue weighted by Crippen LogP contribution is 2.31. The minimum Gasteiger partial charge on any atom is -0.334 e. The van der Waals surface area contributed by atoms with Crippen molar-refractivity contribution in [2.75, 3.05) is 16.8 Å². The van der Waals surface area contributed by atoms with Gasteiger partial charge in [0.2, 0.25) is 0 Å². The van der Waals surface area contributed by atoms with Crippen LogP contribution in [0.25, 0.3) is 10.8 Å². The fourth-order valence-electron chi connectivity index (χ4n) is 4.40. The molecular formula is C28H25N3O2. The first-order valence-electron chi connectivity index (χ1n) is 11.2. The van der Waals surface area contributed by atoms with Crippen molar-refractivity contribution in [1.82, 2.24) is 5.32 Å². The molecule has 0 aliphatic carbocycles. The fourth-order valence-corrected chi connectivity index (χ4v) is 4.40. The molecule has 0 bridgehead atoms. The third-order valence-corrected chi connectivity index (χ3v) is 6.05. The number of rotatable bonds is 4. The number of anilines is 2. The SMILES string of the molecule is O=C(NCc1cccc2ccccc12)Nc1ccc2c(c1)N(C(=O)c1ccccc1)CCC2. The topological polar surface area (TPSA) is 61.4 Å². The Balaban J connectivity index is 1.30. The Morgan fingerprint density at radius 2 is 1.64 bits per heavy atom. The van der Waals surface area contributed by atoms with Crippen molar-refractivity contribution < 1.29 is 9.59 Å². The van der Waals surface area contributed by atoms with Crippen LogP contribution in [0.5, 0.6) is 0 Å². The molecule has 4 aromatic rings. The Kier molecular flexibility index (Phi) is 5.77. The molecule has 0 saturated carbocycles. The van der Waals surface area contributed by atoms with Crippen molar-refractivity contribution in [2.24, 2.45) is 0 Å². The zero-order valence-corrected chi connectivity index (χ0v) is 18.3. The second-order valence-corrected chi connectivity index (χ2v) is 8.22. The monoisotopic (exact) mass is 435 g/mol. The molecule has 1 aliphatic rings. The number of nitrogens with zero attached hydrogens (tertiary/aromatic N) is 1.